The van der Waals surface area contributed by atoms with Gasteiger partial charge in [0.25, 0.3) is 11.3 Å². The maximum atomic E-state index is 12.1. The fourth-order valence-corrected chi connectivity index (χ4v) is 4.62. The molecule has 8 heteroatoms. The van der Waals surface area contributed by atoms with Gasteiger partial charge in [0.05, 0.1) is 23.0 Å². The molecule has 6 nitrogen and oxygen atoms in total. The van der Waals surface area contributed by atoms with Gasteiger partial charge in [-0.2, -0.15) is 5.26 Å². The summed E-state index contributed by atoms with van der Waals surface area (Å²) in [6.45, 7) is 1.79. The summed E-state index contributed by atoms with van der Waals surface area (Å²) in [5.74, 6) is -1.17. The number of para-hydroxylation sites is 1. The molecule has 142 valence electrons. The van der Waals surface area contributed by atoms with E-state index in [4.69, 9.17) is 5.26 Å². The molecule has 1 heterocycles. The molecule has 0 spiro atoms. The van der Waals surface area contributed by atoms with Crippen molar-refractivity contribution in [3.8, 4) is 6.07 Å². The standard InChI is InChI=1S/C20H16N2O4S2/c1-13-5-2-3-8-17(13)22(28(25)26)18-11-16(27-19(18)20(23)24)10-14-6-4-7-15(9-14)12-21/h2-9,11H,10H2,1H3,(H,23,24)(H,25,26). The number of benzene rings is 2. The van der Waals surface area contributed by atoms with Crippen LogP contribution in [-0.4, -0.2) is 19.8 Å². The van der Waals surface area contributed by atoms with Crippen molar-refractivity contribution in [1.82, 2.24) is 0 Å². The topological polar surface area (TPSA) is 102 Å². The highest BCUT2D eigenvalue weighted by Gasteiger charge is 2.26. The van der Waals surface area contributed by atoms with Gasteiger partial charge in [0, 0.05) is 11.3 Å². The Labute approximate surface area is 168 Å². The lowest BCUT2D eigenvalue weighted by atomic mass is 10.1. The third kappa shape index (κ3) is 4.12. The van der Waals surface area contributed by atoms with E-state index in [-0.39, 0.29) is 10.6 Å². The lowest BCUT2D eigenvalue weighted by molar-refractivity contribution is 0.0703. The molecule has 0 amide bonds. The van der Waals surface area contributed by atoms with E-state index in [0.717, 1.165) is 26.8 Å². The number of anilines is 2. The molecular formula is C20H16N2O4S2. The fraction of sp³-hybridized carbons (Fsp3) is 0.100. The minimum absolute atomic E-state index is 0.0166. The van der Waals surface area contributed by atoms with Gasteiger partial charge in [-0.15, -0.1) is 11.3 Å². The Morgan fingerprint density at radius 1 is 1.18 bits per heavy atom. The second-order valence-corrected chi connectivity index (χ2v) is 8.00. The summed E-state index contributed by atoms with van der Waals surface area (Å²) in [7, 11) is 0. The van der Waals surface area contributed by atoms with Gasteiger partial charge in [0.1, 0.15) is 4.88 Å². The van der Waals surface area contributed by atoms with Crippen LogP contribution in [0.15, 0.2) is 54.6 Å². The van der Waals surface area contributed by atoms with E-state index in [9.17, 15) is 18.7 Å². The zero-order valence-corrected chi connectivity index (χ0v) is 16.5. The van der Waals surface area contributed by atoms with Gasteiger partial charge in [0.2, 0.25) is 0 Å². The van der Waals surface area contributed by atoms with E-state index in [1.165, 1.54) is 0 Å². The second-order valence-electron chi connectivity index (χ2n) is 6.03. The Bertz CT molecular complexity index is 1100. The predicted octanol–water partition coefficient (Wildman–Crippen LogP) is 4.49. The normalized spacial score (nSPS) is 11.6. The van der Waals surface area contributed by atoms with Crippen molar-refractivity contribution in [2.45, 2.75) is 13.3 Å². The number of hydrogen-bond donors (Lipinski definition) is 2. The quantitative estimate of drug-likeness (QED) is 0.581. The molecule has 0 aliphatic rings. The van der Waals surface area contributed by atoms with Crippen LogP contribution in [0.4, 0.5) is 11.4 Å². The van der Waals surface area contributed by atoms with E-state index < -0.39 is 17.2 Å². The minimum atomic E-state index is -2.45. The van der Waals surface area contributed by atoms with Crippen LogP contribution < -0.4 is 4.31 Å². The predicted molar refractivity (Wildman–Crippen MR) is 109 cm³/mol. The van der Waals surface area contributed by atoms with Crippen molar-refractivity contribution < 1.29 is 18.7 Å². The summed E-state index contributed by atoms with van der Waals surface area (Å²) in [6, 6.07) is 17.7. The van der Waals surface area contributed by atoms with Crippen LogP contribution in [0.2, 0.25) is 0 Å². The SMILES string of the molecule is Cc1ccccc1N(c1cc(Cc2cccc(C#N)c2)sc1C(=O)O)S(=O)O. The second kappa shape index (κ2) is 8.35. The molecule has 2 N–H and O–H groups in total. The van der Waals surface area contributed by atoms with Crippen molar-refractivity contribution in [2.75, 3.05) is 4.31 Å². The van der Waals surface area contributed by atoms with Gasteiger partial charge in [-0.1, -0.05) is 30.3 Å². The Morgan fingerprint density at radius 3 is 2.57 bits per heavy atom. The molecule has 0 saturated heterocycles. The number of rotatable bonds is 6. The molecular weight excluding hydrogens is 396 g/mol. The number of aromatic carboxylic acids is 1. The first-order valence-electron chi connectivity index (χ1n) is 8.22. The number of thiophene rings is 1. The lowest BCUT2D eigenvalue weighted by Crippen LogP contribution is -2.21. The molecule has 0 saturated carbocycles. The monoisotopic (exact) mass is 412 g/mol. The highest BCUT2D eigenvalue weighted by molar-refractivity contribution is 7.81. The largest absolute Gasteiger partial charge is 0.477 e. The molecule has 2 aromatic carbocycles. The van der Waals surface area contributed by atoms with Crippen LogP contribution in [0.25, 0.3) is 0 Å². The van der Waals surface area contributed by atoms with Gasteiger partial charge in [-0.25, -0.2) is 13.3 Å². The van der Waals surface area contributed by atoms with Crippen LogP contribution in [0, 0.1) is 18.3 Å². The molecule has 0 aliphatic heterocycles. The molecule has 0 bridgehead atoms. The Balaban J connectivity index is 2.07. The van der Waals surface area contributed by atoms with Crippen LogP contribution in [0.5, 0.6) is 0 Å². The van der Waals surface area contributed by atoms with Gasteiger partial charge in [0.15, 0.2) is 0 Å². The highest BCUT2D eigenvalue weighted by Crippen LogP contribution is 2.38. The molecule has 0 fully saturated rings. The maximum absolute atomic E-state index is 12.1. The highest BCUT2D eigenvalue weighted by atomic mass is 32.2. The molecule has 1 atom stereocenters. The molecule has 1 aromatic heterocycles. The van der Waals surface area contributed by atoms with Crippen molar-refractivity contribution >= 4 is 39.9 Å². The van der Waals surface area contributed by atoms with Crippen molar-refractivity contribution in [2.24, 2.45) is 0 Å². The maximum Gasteiger partial charge on any atom is 0.348 e. The molecule has 0 aliphatic carbocycles. The first kappa shape index (κ1) is 19.8. The average Bonchev–Trinajstić information content (AvgIpc) is 3.07. The number of hydrogen-bond acceptors (Lipinski definition) is 4. The Hall–Kier alpha value is -2.99. The summed E-state index contributed by atoms with van der Waals surface area (Å²) in [5, 5.41) is 18.7. The van der Waals surface area contributed by atoms with Crippen molar-refractivity contribution in [3.05, 3.63) is 81.0 Å². The summed E-state index contributed by atoms with van der Waals surface area (Å²) < 4.78 is 23.1. The van der Waals surface area contributed by atoms with E-state index >= 15 is 0 Å². The smallest absolute Gasteiger partial charge is 0.348 e. The molecule has 0 radical (unpaired) electrons. The third-order valence-electron chi connectivity index (χ3n) is 4.10. The fourth-order valence-electron chi connectivity index (χ4n) is 2.86. The zero-order valence-electron chi connectivity index (χ0n) is 14.8. The zero-order chi connectivity index (χ0) is 20.3. The van der Waals surface area contributed by atoms with E-state index in [0.29, 0.717) is 22.5 Å². The van der Waals surface area contributed by atoms with Crippen molar-refractivity contribution in [3.63, 3.8) is 0 Å². The first-order chi connectivity index (χ1) is 13.4. The van der Waals surface area contributed by atoms with Gasteiger partial charge in [-0.3, -0.25) is 4.55 Å². The van der Waals surface area contributed by atoms with Crippen LogP contribution in [0.1, 0.15) is 31.2 Å². The summed E-state index contributed by atoms with van der Waals surface area (Å²) in [5.41, 5.74) is 2.75. The summed E-state index contributed by atoms with van der Waals surface area (Å²) >= 11 is -1.39. The number of aryl methyl sites for hydroxylation is 1. The Morgan fingerprint density at radius 2 is 1.93 bits per heavy atom. The number of carboxylic acid groups (broad SMARTS) is 1. The van der Waals surface area contributed by atoms with Crippen LogP contribution >= 0.6 is 11.3 Å². The number of nitriles is 1. The summed E-state index contributed by atoms with van der Waals surface area (Å²) in [6.07, 6.45) is 0.417. The summed E-state index contributed by atoms with van der Waals surface area (Å²) in [4.78, 5) is 12.5. The van der Waals surface area contributed by atoms with Gasteiger partial charge >= 0.3 is 5.97 Å². The van der Waals surface area contributed by atoms with Crippen LogP contribution in [0.3, 0.4) is 0 Å². The van der Waals surface area contributed by atoms with E-state index in [1.807, 2.05) is 6.07 Å². The number of nitrogens with zero attached hydrogens (tertiary/aromatic N) is 2. The number of carbonyl (C=O) groups is 1. The Kier molecular flexibility index (Phi) is 5.90. The molecule has 3 aromatic rings. The van der Waals surface area contributed by atoms with E-state index in [2.05, 4.69) is 6.07 Å². The van der Waals surface area contributed by atoms with E-state index in [1.54, 1.807) is 55.5 Å². The van der Waals surface area contributed by atoms with Gasteiger partial charge in [-0.05, 0) is 42.3 Å². The third-order valence-corrected chi connectivity index (χ3v) is 5.92. The minimum Gasteiger partial charge on any atom is -0.477 e. The average molecular weight is 412 g/mol. The molecule has 1 unspecified atom stereocenters. The lowest BCUT2D eigenvalue weighted by Gasteiger charge is -2.21. The van der Waals surface area contributed by atoms with Gasteiger partial charge < -0.3 is 5.11 Å². The van der Waals surface area contributed by atoms with Crippen molar-refractivity contribution in [1.29, 1.82) is 5.26 Å². The molecule has 28 heavy (non-hydrogen) atoms. The number of carboxylic acids is 1. The molecule has 3 rings (SSSR count). The first-order valence-corrected chi connectivity index (χ1v) is 10.1. The van der Waals surface area contributed by atoms with Crippen LogP contribution in [-0.2, 0) is 17.7 Å².